The Hall–Kier alpha value is -2.22. The highest BCUT2D eigenvalue weighted by molar-refractivity contribution is 7.89. The van der Waals surface area contributed by atoms with Crippen molar-refractivity contribution in [2.75, 3.05) is 6.54 Å². The molecule has 3 rings (SSSR count). The van der Waals surface area contributed by atoms with E-state index in [1.165, 1.54) is 24.3 Å². The van der Waals surface area contributed by atoms with Gasteiger partial charge in [0.25, 0.3) is 5.91 Å². The minimum Gasteiger partial charge on any atom is -0.272 e. The molecule has 0 bridgehead atoms. The minimum atomic E-state index is -3.91. The molecule has 0 atom stereocenters. The van der Waals surface area contributed by atoms with Gasteiger partial charge in [-0.2, -0.15) is 9.41 Å². The van der Waals surface area contributed by atoms with Crippen LogP contribution in [-0.2, 0) is 21.4 Å². The molecule has 0 heterocycles. The Morgan fingerprint density at radius 1 is 1.06 bits per heavy atom. The number of hydrogen-bond acceptors (Lipinski definition) is 4. The van der Waals surface area contributed by atoms with Crippen LogP contribution in [0.2, 0.25) is 5.02 Å². The van der Waals surface area contributed by atoms with Gasteiger partial charge in [-0.25, -0.2) is 13.8 Å². The first-order valence-corrected chi connectivity index (χ1v) is 13.0. The second-order valence-electron chi connectivity index (χ2n) is 9.57. The molecule has 0 spiro atoms. The molecule has 0 unspecified atom stereocenters. The predicted molar refractivity (Wildman–Crippen MR) is 132 cm³/mol. The Morgan fingerprint density at radius 3 is 2.24 bits per heavy atom. The van der Waals surface area contributed by atoms with Gasteiger partial charge in [0.2, 0.25) is 10.0 Å². The van der Waals surface area contributed by atoms with Gasteiger partial charge in [-0.05, 0) is 66.8 Å². The van der Waals surface area contributed by atoms with Gasteiger partial charge in [0.05, 0.1) is 11.4 Å². The fourth-order valence-electron chi connectivity index (χ4n) is 4.03. The zero-order valence-electron chi connectivity index (χ0n) is 19.4. The average molecular weight is 490 g/mol. The Labute approximate surface area is 202 Å². The molecule has 1 amide bonds. The number of carbonyl (C=O) groups excluding carboxylic acids is 1. The number of sulfonamides is 1. The van der Waals surface area contributed by atoms with E-state index in [9.17, 15) is 13.2 Å². The van der Waals surface area contributed by atoms with Gasteiger partial charge < -0.3 is 0 Å². The van der Waals surface area contributed by atoms with Crippen molar-refractivity contribution in [1.82, 2.24) is 9.73 Å². The first-order chi connectivity index (χ1) is 15.6. The quantitative estimate of drug-likeness (QED) is 0.540. The first kappa shape index (κ1) is 25.4. The normalized spacial score (nSPS) is 17.1. The van der Waals surface area contributed by atoms with Crippen molar-refractivity contribution in [3.05, 3.63) is 65.2 Å². The smallest absolute Gasteiger partial charge is 0.255 e. The standard InChI is InChI=1S/C25H32ClN3O3S/c1-25(2,3)20-9-13-22(14-10-20)27-28-24(30)18-29(17-19-7-5-4-6-8-19)33(31,32)23-15-11-21(26)12-16-23/h4-8,11-12,15-16,20H,9-10,13-14,17-18H2,1-3H3,(H,28,30). The van der Waals surface area contributed by atoms with Crippen LogP contribution >= 0.6 is 11.6 Å². The Kier molecular flexibility index (Phi) is 8.32. The summed E-state index contributed by atoms with van der Waals surface area (Å²) < 4.78 is 27.7. The van der Waals surface area contributed by atoms with Gasteiger partial charge in [-0.15, -0.1) is 0 Å². The van der Waals surface area contributed by atoms with Crippen LogP contribution in [0.5, 0.6) is 0 Å². The maximum absolute atomic E-state index is 13.3. The maximum Gasteiger partial charge on any atom is 0.255 e. The van der Waals surface area contributed by atoms with Crippen LogP contribution in [0.1, 0.15) is 52.0 Å². The number of nitrogens with zero attached hydrogens (tertiary/aromatic N) is 2. The molecule has 1 saturated carbocycles. The van der Waals surface area contributed by atoms with Crippen LogP contribution in [0.3, 0.4) is 0 Å². The van der Waals surface area contributed by atoms with Gasteiger partial charge >= 0.3 is 0 Å². The molecule has 1 aliphatic rings. The third kappa shape index (κ3) is 7.13. The van der Waals surface area contributed by atoms with Gasteiger partial charge in [-0.3, -0.25) is 4.79 Å². The van der Waals surface area contributed by atoms with E-state index in [2.05, 4.69) is 31.3 Å². The van der Waals surface area contributed by atoms with Crippen molar-refractivity contribution < 1.29 is 13.2 Å². The van der Waals surface area contributed by atoms with Gasteiger partial charge in [0, 0.05) is 17.3 Å². The highest BCUT2D eigenvalue weighted by Gasteiger charge is 2.29. The van der Waals surface area contributed by atoms with E-state index in [0.29, 0.717) is 10.9 Å². The molecule has 2 aromatic carbocycles. The van der Waals surface area contributed by atoms with Crippen molar-refractivity contribution >= 4 is 33.2 Å². The van der Waals surface area contributed by atoms with Crippen LogP contribution < -0.4 is 5.43 Å². The number of rotatable bonds is 7. The molecule has 0 saturated heterocycles. The van der Waals surface area contributed by atoms with E-state index in [4.69, 9.17) is 11.6 Å². The number of carbonyl (C=O) groups is 1. The molecule has 0 aliphatic heterocycles. The summed E-state index contributed by atoms with van der Waals surface area (Å²) >= 11 is 5.92. The number of hydrogen-bond donors (Lipinski definition) is 1. The summed E-state index contributed by atoms with van der Waals surface area (Å²) in [5.41, 5.74) is 4.59. The van der Waals surface area contributed by atoms with Crippen molar-refractivity contribution in [3.63, 3.8) is 0 Å². The van der Waals surface area contributed by atoms with Crippen molar-refractivity contribution in [1.29, 1.82) is 0 Å². The van der Waals surface area contributed by atoms with E-state index < -0.39 is 15.9 Å². The lowest BCUT2D eigenvalue weighted by Gasteiger charge is -2.34. The summed E-state index contributed by atoms with van der Waals surface area (Å²) in [6.45, 7) is 6.50. The lowest BCUT2D eigenvalue weighted by Crippen LogP contribution is -2.39. The number of hydrazone groups is 1. The molecule has 6 nitrogen and oxygen atoms in total. The first-order valence-electron chi connectivity index (χ1n) is 11.2. The monoisotopic (exact) mass is 489 g/mol. The van der Waals surface area contributed by atoms with E-state index in [1.54, 1.807) is 0 Å². The summed E-state index contributed by atoms with van der Waals surface area (Å²) in [7, 11) is -3.91. The third-order valence-corrected chi connectivity index (χ3v) is 8.16. The third-order valence-electron chi connectivity index (χ3n) is 6.10. The summed E-state index contributed by atoms with van der Waals surface area (Å²) in [6, 6.07) is 15.1. The van der Waals surface area contributed by atoms with Crippen molar-refractivity contribution in [2.45, 2.75) is 57.9 Å². The summed E-state index contributed by atoms with van der Waals surface area (Å²) in [5.74, 6) is 0.173. The largest absolute Gasteiger partial charge is 0.272 e. The molecule has 1 N–H and O–H groups in total. The van der Waals surface area contributed by atoms with E-state index in [1.807, 2.05) is 30.3 Å². The van der Waals surface area contributed by atoms with E-state index in [-0.39, 0.29) is 23.4 Å². The van der Waals surface area contributed by atoms with Crippen LogP contribution in [0.25, 0.3) is 0 Å². The average Bonchev–Trinajstić information content (AvgIpc) is 2.78. The summed E-state index contributed by atoms with van der Waals surface area (Å²) in [4.78, 5) is 12.8. The molecule has 0 radical (unpaired) electrons. The lowest BCUT2D eigenvalue weighted by atomic mass is 9.72. The zero-order valence-corrected chi connectivity index (χ0v) is 21.0. The van der Waals surface area contributed by atoms with Crippen LogP contribution in [0, 0.1) is 11.3 Å². The van der Waals surface area contributed by atoms with Crippen molar-refractivity contribution in [3.8, 4) is 0 Å². The Morgan fingerprint density at radius 2 is 1.67 bits per heavy atom. The molecular formula is C25H32ClN3O3S. The number of nitrogens with one attached hydrogen (secondary N) is 1. The predicted octanol–water partition coefficient (Wildman–Crippen LogP) is 5.24. The number of halogens is 1. The molecule has 8 heteroatoms. The highest BCUT2D eigenvalue weighted by Crippen LogP contribution is 2.36. The second kappa shape index (κ2) is 10.8. The maximum atomic E-state index is 13.3. The van der Waals surface area contributed by atoms with Crippen LogP contribution in [0.15, 0.2) is 64.6 Å². The Bertz CT molecular complexity index is 1070. The molecule has 1 aliphatic carbocycles. The molecule has 1 fully saturated rings. The van der Waals surface area contributed by atoms with E-state index >= 15 is 0 Å². The highest BCUT2D eigenvalue weighted by atomic mass is 35.5. The zero-order chi connectivity index (χ0) is 24.1. The Balaban J connectivity index is 1.71. The van der Waals surface area contributed by atoms with Gasteiger partial charge in [0.1, 0.15) is 0 Å². The van der Waals surface area contributed by atoms with Crippen LogP contribution in [-0.4, -0.2) is 30.9 Å². The molecule has 2 aromatic rings. The van der Waals surface area contributed by atoms with E-state index in [0.717, 1.165) is 41.3 Å². The molecule has 33 heavy (non-hydrogen) atoms. The second-order valence-corrected chi connectivity index (χ2v) is 11.9. The van der Waals surface area contributed by atoms with Crippen molar-refractivity contribution in [2.24, 2.45) is 16.4 Å². The van der Waals surface area contributed by atoms with Gasteiger partial charge in [0.15, 0.2) is 0 Å². The molecular weight excluding hydrogens is 458 g/mol. The molecule has 0 aromatic heterocycles. The lowest BCUT2D eigenvalue weighted by molar-refractivity contribution is -0.121. The number of benzene rings is 2. The number of amides is 1. The topological polar surface area (TPSA) is 78.8 Å². The SMILES string of the molecule is CC(C)(C)C1CCC(=NNC(=O)CN(Cc2ccccc2)S(=O)(=O)c2ccc(Cl)cc2)CC1. The summed E-state index contributed by atoms with van der Waals surface area (Å²) in [5, 5.41) is 4.75. The van der Waals surface area contributed by atoms with Gasteiger partial charge in [-0.1, -0.05) is 62.7 Å². The molecule has 178 valence electrons. The fourth-order valence-corrected chi connectivity index (χ4v) is 5.54. The minimum absolute atomic E-state index is 0.0725. The summed E-state index contributed by atoms with van der Waals surface area (Å²) in [6.07, 6.45) is 3.78. The van der Waals surface area contributed by atoms with Crippen LogP contribution in [0.4, 0.5) is 0 Å². The fraction of sp³-hybridized carbons (Fsp3) is 0.440.